The molecular formula is C25H25ClN4O3S3. The van der Waals surface area contributed by atoms with Gasteiger partial charge in [-0.1, -0.05) is 35.5 Å². The highest BCUT2D eigenvalue weighted by molar-refractivity contribution is 7.99. The lowest BCUT2D eigenvalue weighted by Crippen LogP contribution is -2.16. The Labute approximate surface area is 226 Å². The molecule has 3 aromatic heterocycles. The molecular weight excluding hydrogens is 536 g/mol. The van der Waals surface area contributed by atoms with E-state index >= 15 is 0 Å². The average molecular weight is 561 g/mol. The van der Waals surface area contributed by atoms with E-state index < -0.39 is 5.97 Å². The van der Waals surface area contributed by atoms with E-state index in [1.54, 1.807) is 23.5 Å². The number of methoxy groups -OCH3 is 1. The van der Waals surface area contributed by atoms with Gasteiger partial charge in [0.05, 0.1) is 12.9 Å². The molecule has 0 saturated carbocycles. The number of anilines is 1. The third kappa shape index (κ3) is 5.36. The molecule has 7 nitrogen and oxygen atoms in total. The summed E-state index contributed by atoms with van der Waals surface area (Å²) in [7, 11) is 1.32. The minimum Gasteiger partial charge on any atom is -0.465 e. The predicted molar refractivity (Wildman–Crippen MR) is 149 cm³/mol. The molecule has 0 fully saturated rings. The van der Waals surface area contributed by atoms with Gasteiger partial charge in [-0.15, -0.1) is 32.9 Å². The van der Waals surface area contributed by atoms with Gasteiger partial charge in [-0.2, -0.15) is 0 Å². The van der Waals surface area contributed by atoms with Crippen molar-refractivity contribution in [2.45, 2.75) is 38.9 Å². The molecule has 1 aromatic carbocycles. The van der Waals surface area contributed by atoms with Gasteiger partial charge >= 0.3 is 5.97 Å². The van der Waals surface area contributed by atoms with Crippen LogP contribution in [-0.2, 0) is 9.53 Å². The summed E-state index contributed by atoms with van der Waals surface area (Å²) in [6.45, 7) is 8.31. The lowest BCUT2D eigenvalue weighted by Gasteiger charge is -2.14. The molecule has 0 saturated heterocycles. The predicted octanol–water partition coefficient (Wildman–Crippen LogP) is 7.10. The topological polar surface area (TPSA) is 86.1 Å². The second-order valence-corrected chi connectivity index (χ2v) is 11.6. The number of thiophene rings is 2. The summed E-state index contributed by atoms with van der Waals surface area (Å²) in [5.41, 5.74) is 4.05. The van der Waals surface area contributed by atoms with Crippen molar-refractivity contribution in [3.63, 3.8) is 0 Å². The first-order valence-corrected chi connectivity index (χ1v) is 14.2. The van der Waals surface area contributed by atoms with Crippen molar-refractivity contribution < 1.29 is 14.3 Å². The number of carbonyl (C=O) groups is 2. The highest BCUT2D eigenvalue weighted by atomic mass is 35.5. The van der Waals surface area contributed by atoms with Crippen molar-refractivity contribution >= 4 is 62.9 Å². The third-order valence-corrected chi connectivity index (χ3v) is 8.73. The summed E-state index contributed by atoms with van der Waals surface area (Å²) in [5, 5.41) is 17.3. The Kier molecular flexibility index (Phi) is 8.19. The summed E-state index contributed by atoms with van der Waals surface area (Å²) >= 11 is 10.3. The second-order valence-electron chi connectivity index (χ2n) is 8.29. The van der Waals surface area contributed by atoms with E-state index in [0.29, 0.717) is 26.3 Å². The van der Waals surface area contributed by atoms with Crippen LogP contribution in [0.15, 0.2) is 40.2 Å². The Morgan fingerprint density at radius 3 is 2.42 bits per heavy atom. The number of hydrogen-bond acceptors (Lipinski definition) is 8. The van der Waals surface area contributed by atoms with E-state index in [9.17, 15) is 9.59 Å². The lowest BCUT2D eigenvalue weighted by atomic mass is 10.0. The van der Waals surface area contributed by atoms with Crippen LogP contribution in [0.2, 0.25) is 5.02 Å². The van der Waals surface area contributed by atoms with E-state index in [0.717, 1.165) is 17.0 Å². The fourth-order valence-electron chi connectivity index (χ4n) is 3.65. The van der Waals surface area contributed by atoms with Crippen LogP contribution in [0.3, 0.4) is 0 Å². The van der Waals surface area contributed by atoms with Gasteiger partial charge in [-0.25, -0.2) is 4.79 Å². The molecule has 0 bridgehead atoms. The first-order valence-electron chi connectivity index (χ1n) is 11.1. The number of nitrogens with zero attached hydrogens (tertiary/aromatic N) is 3. The fourth-order valence-corrected chi connectivity index (χ4v) is 6.48. The van der Waals surface area contributed by atoms with Gasteiger partial charge in [-0.05, 0) is 51.0 Å². The molecule has 36 heavy (non-hydrogen) atoms. The van der Waals surface area contributed by atoms with Crippen LogP contribution in [-0.4, -0.2) is 39.5 Å². The summed E-state index contributed by atoms with van der Waals surface area (Å²) in [6, 6.07) is 7.27. The van der Waals surface area contributed by atoms with E-state index in [-0.39, 0.29) is 17.7 Å². The number of benzene rings is 1. The normalized spacial score (nSPS) is 11.2. The number of esters is 1. The highest BCUT2D eigenvalue weighted by Gasteiger charge is 2.24. The van der Waals surface area contributed by atoms with Gasteiger partial charge in [0.25, 0.3) is 0 Å². The minimum absolute atomic E-state index is 0.112. The van der Waals surface area contributed by atoms with E-state index in [1.165, 1.54) is 40.6 Å². The fraction of sp³-hybridized carbons (Fsp3) is 0.280. The van der Waals surface area contributed by atoms with Crippen molar-refractivity contribution in [1.29, 1.82) is 0 Å². The maximum absolute atomic E-state index is 12.9. The quantitative estimate of drug-likeness (QED) is 0.183. The van der Waals surface area contributed by atoms with E-state index in [4.69, 9.17) is 16.3 Å². The van der Waals surface area contributed by atoms with Crippen LogP contribution in [0, 0.1) is 13.8 Å². The molecule has 0 spiro atoms. The van der Waals surface area contributed by atoms with Crippen LogP contribution < -0.4 is 5.32 Å². The molecule has 0 aliphatic rings. The largest absolute Gasteiger partial charge is 0.465 e. The standard InChI is InChI=1S/C25H25ClN4O3S3/c1-13(2)30-22(18-10-34-15(4)14(18)3)28-29-25(30)36-12-20(31)27-23-21(24(32)33-5)19(11-35-23)16-6-8-17(26)9-7-16/h6-11,13H,12H2,1-5H3,(H,27,31). The van der Waals surface area contributed by atoms with Gasteiger partial charge in [-0.3, -0.25) is 9.36 Å². The number of aromatic nitrogens is 3. The number of aryl methyl sites for hydroxylation is 1. The Balaban J connectivity index is 1.53. The van der Waals surface area contributed by atoms with Crippen molar-refractivity contribution in [1.82, 2.24) is 14.8 Å². The first kappa shape index (κ1) is 26.4. The second kappa shape index (κ2) is 11.2. The Morgan fingerprint density at radius 2 is 1.81 bits per heavy atom. The lowest BCUT2D eigenvalue weighted by molar-refractivity contribution is -0.113. The SMILES string of the molecule is COC(=O)c1c(-c2ccc(Cl)cc2)csc1NC(=O)CSc1nnc(-c2csc(C)c2C)n1C(C)C. The van der Waals surface area contributed by atoms with Gasteiger partial charge in [0.2, 0.25) is 5.91 Å². The molecule has 4 aromatic rings. The van der Waals surface area contributed by atoms with Crippen LogP contribution in [0.5, 0.6) is 0 Å². The van der Waals surface area contributed by atoms with Crippen molar-refractivity contribution in [2.75, 3.05) is 18.2 Å². The molecule has 11 heteroatoms. The molecule has 1 N–H and O–H groups in total. The van der Waals surface area contributed by atoms with E-state index in [2.05, 4.69) is 53.2 Å². The maximum atomic E-state index is 12.9. The smallest absolute Gasteiger partial charge is 0.341 e. The maximum Gasteiger partial charge on any atom is 0.341 e. The number of nitrogens with one attached hydrogen (secondary N) is 1. The number of ether oxygens (including phenoxy) is 1. The van der Waals surface area contributed by atoms with Crippen LogP contribution in [0.25, 0.3) is 22.5 Å². The van der Waals surface area contributed by atoms with Crippen LogP contribution >= 0.6 is 46.0 Å². The third-order valence-electron chi connectivity index (χ3n) is 5.63. The minimum atomic E-state index is -0.519. The Hall–Kier alpha value is -2.66. The molecule has 4 rings (SSSR count). The number of rotatable bonds is 8. The molecule has 0 aliphatic carbocycles. The number of thioether (sulfide) groups is 1. The summed E-state index contributed by atoms with van der Waals surface area (Å²) in [5.74, 6) is 0.141. The first-order chi connectivity index (χ1) is 17.2. The summed E-state index contributed by atoms with van der Waals surface area (Å²) in [6.07, 6.45) is 0. The Bertz CT molecular complexity index is 1410. The molecule has 3 heterocycles. The number of carbonyl (C=O) groups excluding carboxylic acids is 2. The number of amides is 1. The van der Waals surface area contributed by atoms with Crippen LogP contribution in [0.1, 0.15) is 40.7 Å². The molecule has 0 aliphatic heterocycles. The zero-order valence-electron chi connectivity index (χ0n) is 20.4. The van der Waals surface area contributed by atoms with Gasteiger partial charge in [0.15, 0.2) is 11.0 Å². The molecule has 1 amide bonds. The zero-order chi connectivity index (χ0) is 26.0. The average Bonchev–Trinajstić information content (AvgIpc) is 3.55. The summed E-state index contributed by atoms with van der Waals surface area (Å²) in [4.78, 5) is 26.7. The number of hydrogen-bond donors (Lipinski definition) is 1. The molecule has 188 valence electrons. The molecule has 0 atom stereocenters. The monoisotopic (exact) mass is 560 g/mol. The van der Waals surface area contributed by atoms with Crippen molar-refractivity contribution in [2.24, 2.45) is 0 Å². The van der Waals surface area contributed by atoms with Crippen LogP contribution in [0.4, 0.5) is 5.00 Å². The van der Waals surface area contributed by atoms with E-state index in [1.807, 2.05) is 17.5 Å². The summed E-state index contributed by atoms with van der Waals surface area (Å²) < 4.78 is 7.05. The van der Waals surface area contributed by atoms with Gasteiger partial charge in [0, 0.05) is 37.8 Å². The highest BCUT2D eigenvalue weighted by Crippen LogP contribution is 2.37. The van der Waals surface area contributed by atoms with Gasteiger partial charge < -0.3 is 10.1 Å². The van der Waals surface area contributed by atoms with Gasteiger partial charge in [0.1, 0.15) is 10.6 Å². The molecule has 0 unspecified atom stereocenters. The number of halogens is 1. The van der Waals surface area contributed by atoms with Crippen molar-refractivity contribution in [3.05, 3.63) is 56.1 Å². The zero-order valence-corrected chi connectivity index (χ0v) is 23.6. The molecule has 0 radical (unpaired) electrons. The van der Waals surface area contributed by atoms with Crippen molar-refractivity contribution in [3.8, 4) is 22.5 Å². The Morgan fingerprint density at radius 1 is 1.11 bits per heavy atom.